The molecule has 0 spiro atoms. The van der Waals surface area contributed by atoms with Gasteiger partial charge in [-0.25, -0.2) is 4.79 Å². The number of amides is 1. The third kappa shape index (κ3) is 5.96. The zero-order chi connectivity index (χ0) is 16.5. The Morgan fingerprint density at radius 3 is 2.78 bits per heavy atom. The topological polar surface area (TPSA) is 75.6 Å². The molecule has 0 aliphatic heterocycles. The molecule has 23 heavy (non-hydrogen) atoms. The van der Waals surface area contributed by atoms with Crippen LogP contribution in [0.3, 0.4) is 0 Å². The Kier molecular flexibility index (Phi) is 6.96. The Bertz CT molecular complexity index is 643. The van der Waals surface area contributed by atoms with Crippen molar-refractivity contribution in [1.82, 2.24) is 5.32 Å². The maximum atomic E-state index is 11.7. The van der Waals surface area contributed by atoms with E-state index in [2.05, 4.69) is 11.4 Å². The van der Waals surface area contributed by atoms with Crippen LogP contribution in [0.4, 0.5) is 0 Å². The molecule has 0 saturated carbocycles. The maximum Gasteiger partial charge on any atom is 0.342 e. The number of carbonyl (C=O) groups excluding carboxylic acids is 2. The number of hydrogen-bond acceptors (Lipinski definition) is 6. The molecule has 2 aromatic rings. The van der Waals surface area contributed by atoms with Gasteiger partial charge in [0.1, 0.15) is 11.3 Å². The third-order valence-electron chi connectivity index (χ3n) is 2.85. The number of rotatable bonds is 8. The van der Waals surface area contributed by atoms with Gasteiger partial charge in [-0.1, -0.05) is 18.2 Å². The van der Waals surface area contributed by atoms with E-state index in [4.69, 9.17) is 4.74 Å². The molecule has 0 aliphatic carbocycles. The monoisotopic (exact) mass is 351 g/mol. The van der Waals surface area contributed by atoms with Gasteiger partial charge in [-0.15, -0.1) is 11.3 Å². The molecule has 1 heterocycles. The summed E-state index contributed by atoms with van der Waals surface area (Å²) in [7, 11) is 0. The first-order valence-electron chi connectivity index (χ1n) is 6.99. The fraction of sp³-hybridized carbons (Fsp3) is 0.250. The Morgan fingerprint density at radius 1 is 1.22 bits per heavy atom. The van der Waals surface area contributed by atoms with E-state index in [0.717, 1.165) is 11.5 Å². The molecule has 1 amide bonds. The molecular formula is C16H17NO4S2. The number of esters is 1. The molecule has 0 bridgehead atoms. The molecule has 0 aliphatic rings. The Morgan fingerprint density at radius 2 is 2.04 bits per heavy atom. The van der Waals surface area contributed by atoms with Gasteiger partial charge in [0.25, 0.3) is 5.91 Å². The van der Waals surface area contributed by atoms with Crippen molar-refractivity contribution >= 4 is 35.0 Å². The number of hydrogen-bond donors (Lipinski definition) is 2. The number of thioether (sulfide) groups is 1. The van der Waals surface area contributed by atoms with Crippen LogP contribution in [0.5, 0.6) is 5.75 Å². The predicted molar refractivity (Wildman–Crippen MR) is 91.9 cm³/mol. The summed E-state index contributed by atoms with van der Waals surface area (Å²) in [6, 6.07) is 10.1. The molecule has 0 radical (unpaired) electrons. The lowest BCUT2D eigenvalue weighted by Crippen LogP contribution is -2.30. The minimum Gasteiger partial charge on any atom is -0.507 e. The van der Waals surface area contributed by atoms with Crippen molar-refractivity contribution in [2.24, 2.45) is 0 Å². The largest absolute Gasteiger partial charge is 0.507 e. The van der Waals surface area contributed by atoms with Crippen LogP contribution < -0.4 is 5.32 Å². The first kappa shape index (κ1) is 17.4. The van der Waals surface area contributed by atoms with E-state index in [9.17, 15) is 14.7 Å². The van der Waals surface area contributed by atoms with Gasteiger partial charge in [-0.3, -0.25) is 4.79 Å². The molecular weight excluding hydrogens is 334 g/mol. The summed E-state index contributed by atoms with van der Waals surface area (Å²) in [6.07, 6.45) is 0. The van der Waals surface area contributed by atoms with Gasteiger partial charge in [-0.05, 0) is 23.6 Å². The molecule has 2 N–H and O–H groups in total. The average Bonchev–Trinajstić information content (AvgIpc) is 3.06. The minimum absolute atomic E-state index is 0.0480. The molecule has 1 aromatic carbocycles. The van der Waals surface area contributed by atoms with E-state index in [1.807, 2.05) is 11.4 Å². The quantitative estimate of drug-likeness (QED) is 0.565. The van der Waals surface area contributed by atoms with E-state index in [-0.39, 0.29) is 23.8 Å². The van der Waals surface area contributed by atoms with Crippen molar-refractivity contribution < 1.29 is 19.4 Å². The lowest BCUT2D eigenvalue weighted by Gasteiger charge is -2.07. The highest BCUT2D eigenvalue weighted by molar-refractivity contribution is 7.98. The fourth-order valence-corrected chi connectivity index (χ4v) is 3.44. The van der Waals surface area contributed by atoms with Crippen LogP contribution >= 0.6 is 23.1 Å². The molecule has 2 rings (SSSR count). The zero-order valence-corrected chi connectivity index (χ0v) is 14.0. The van der Waals surface area contributed by atoms with E-state index in [1.54, 1.807) is 35.2 Å². The smallest absolute Gasteiger partial charge is 0.342 e. The Balaban J connectivity index is 1.60. The van der Waals surface area contributed by atoms with Gasteiger partial charge in [0, 0.05) is 22.9 Å². The first-order chi connectivity index (χ1) is 11.2. The van der Waals surface area contributed by atoms with Crippen LogP contribution in [-0.4, -0.2) is 35.9 Å². The number of aromatic hydroxyl groups is 1. The van der Waals surface area contributed by atoms with Crippen LogP contribution in [-0.2, 0) is 15.3 Å². The fourth-order valence-electron chi connectivity index (χ4n) is 1.74. The molecule has 0 fully saturated rings. The Hall–Kier alpha value is -1.99. The number of thiophene rings is 1. The minimum atomic E-state index is -0.717. The van der Waals surface area contributed by atoms with Gasteiger partial charge < -0.3 is 15.2 Å². The van der Waals surface area contributed by atoms with Crippen LogP contribution in [0.2, 0.25) is 0 Å². The zero-order valence-electron chi connectivity index (χ0n) is 12.4. The van der Waals surface area contributed by atoms with Crippen molar-refractivity contribution in [3.05, 3.63) is 52.2 Å². The summed E-state index contributed by atoms with van der Waals surface area (Å²) in [5, 5.41) is 14.2. The number of para-hydroxylation sites is 1. The van der Waals surface area contributed by atoms with Gasteiger partial charge in [-0.2, -0.15) is 11.8 Å². The number of carbonyl (C=O) groups is 2. The summed E-state index contributed by atoms with van der Waals surface area (Å²) in [5.74, 6) is 0.478. The van der Waals surface area contributed by atoms with Crippen LogP contribution in [0.1, 0.15) is 15.2 Å². The second kappa shape index (κ2) is 9.22. The van der Waals surface area contributed by atoms with Crippen molar-refractivity contribution in [3.63, 3.8) is 0 Å². The third-order valence-corrected chi connectivity index (χ3v) is 4.92. The molecule has 0 saturated heterocycles. The van der Waals surface area contributed by atoms with Crippen LogP contribution in [0.25, 0.3) is 0 Å². The number of phenolic OH excluding ortho intramolecular Hbond substituents is 1. The SMILES string of the molecule is O=C(COC(=O)c1ccccc1O)NCCSCc1cccs1. The number of benzene rings is 1. The summed E-state index contributed by atoms with van der Waals surface area (Å²) in [5.41, 5.74) is 0.0480. The second-order valence-corrected chi connectivity index (χ2v) is 6.71. The molecule has 1 aromatic heterocycles. The molecule has 122 valence electrons. The normalized spacial score (nSPS) is 10.3. The predicted octanol–water partition coefficient (Wildman–Crippen LogP) is 2.66. The van der Waals surface area contributed by atoms with Crippen molar-refractivity contribution in [2.75, 3.05) is 18.9 Å². The highest BCUT2D eigenvalue weighted by Gasteiger charge is 2.13. The summed E-state index contributed by atoms with van der Waals surface area (Å²) in [4.78, 5) is 24.6. The highest BCUT2D eigenvalue weighted by Crippen LogP contribution is 2.17. The van der Waals surface area contributed by atoms with Crippen molar-refractivity contribution in [2.45, 2.75) is 5.75 Å². The van der Waals surface area contributed by atoms with Gasteiger partial charge in [0.15, 0.2) is 6.61 Å². The van der Waals surface area contributed by atoms with E-state index in [1.165, 1.54) is 17.0 Å². The van der Waals surface area contributed by atoms with E-state index in [0.29, 0.717) is 6.54 Å². The average molecular weight is 351 g/mol. The molecule has 7 heteroatoms. The second-order valence-electron chi connectivity index (χ2n) is 4.58. The lowest BCUT2D eigenvalue weighted by atomic mass is 10.2. The number of nitrogens with one attached hydrogen (secondary N) is 1. The Labute approximate surface area is 142 Å². The van der Waals surface area contributed by atoms with Crippen molar-refractivity contribution in [1.29, 1.82) is 0 Å². The van der Waals surface area contributed by atoms with E-state index >= 15 is 0 Å². The first-order valence-corrected chi connectivity index (χ1v) is 9.02. The van der Waals surface area contributed by atoms with Gasteiger partial charge >= 0.3 is 5.97 Å². The van der Waals surface area contributed by atoms with Crippen LogP contribution in [0, 0.1) is 0 Å². The van der Waals surface area contributed by atoms with Crippen LogP contribution in [0.15, 0.2) is 41.8 Å². The van der Waals surface area contributed by atoms with Gasteiger partial charge in [0.2, 0.25) is 0 Å². The summed E-state index contributed by atoms with van der Waals surface area (Å²) < 4.78 is 4.87. The summed E-state index contributed by atoms with van der Waals surface area (Å²) in [6.45, 7) is 0.159. The molecule has 0 atom stereocenters. The number of ether oxygens (including phenoxy) is 1. The standard InChI is InChI=1S/C16H17NO4S2/c18-14-6-2-1-5-13(14)16(20)21-10-15(19)17-7-9-22-11-12-4-3-8-23-12/h1-6,8,18H,7,9-11H2,(H,17,19). The number of phenols is 1. The maximum absolute atomic E-state index is 11.7. The van der Waals surface area contributed by atoms with Crippen molar-refractivity contribution in [3.8, 4) is 5.75 Å². The lowest BCUT2D eigenvalue weighted by molar-refractivity contribution is -0.124. The van der Waals surface area contributed by atoms with Gasteiger partial charge in [0.05, 0.1) is 0 Å². The molecule has 5 nitrogen and oxygen atoms in total. The summed E-state index contributed by atoms with van der Waals surface area (Å²) >= 11 is 3.44. The highest BCUT2D eigenvalue weighted by atomic mass is 32.2. The molecule has 0 unspecified atom stereocenters. The van der Waals surface area contributed by atoms with E-state index < -0.39 is 5.97 Å².